The lowest BCUT2D eigenvalue weighted by molar-refractivity contribution is 0.578. The van der Waals surface area contributed by atoms with Crippen LogP contribution in [-0.2, 0) is 16.6 Å². The Morgan fingerprint density at radius 3 is 2.28 bits per heavy atom. The molecular formula is C13H22N2O2S. The van der Waals surface area contributed by atoms with Crippen molar-refractivity contribution >= 4 is 15.7 Å². The molecule has 1 rings (SSSR count). The van der Waals surface area contributed by atoms with Gasteiger partial charge in [-0.05, 0) is 37.1 Å². The van der Waals surface area contributed by atoms with E-state index >= 15 is 0 Å². The molecule has 0 atom stereocenters. The summed E-state index contributed by atoms with van der Waals surface area (Å²) in [5.41, 5.74) is 1.75. The molecule has 0 bridgehead atoms. The molecule has 2 N–H and O–H groups in total. The van der Waals surface area contributed by atoms with Gasteiger partial charge in [0.25, 0.3) is 0 Å². The fourth-order valence-electron chi connectivity index (χ4n) is 1.52. The molecule has 0 aliphatic heterocycles. The summed E-state index contributed by atoms with van der Waals surface area (Å²) >= 11 is 0. The van der Waals surface area contributed by atoms with Gasteiger partial charge in [0.15, 0.2) is 0 Å². The molecule has 0 fully saturated rings. The smallest absolute Gasteiger partial charge is 0.232 e. The van der Waals surface area contributed by atoms with Gasteiger partial charge in [-0.1, -0.05) is 26.0 Å². The minimum atomic E-state index is -3.22. The molecule has 1 aromatic rings. The largest absolute Gasteiger partial charge is 0.316 e. The number of sulfonamides is 1. The maximum Gasteiger partial charge on any atom is 0.232 e. The van der Waals surface area contributed by atoms with E-state index in [1.54, 1.807) is 12.1 Å². The highest BCUT2D eigenvalue weighted by molar-refractivity contribution is 7.92. The van der Waals surface area contributed by atoms with Crippen LogP contribution in [0.5, 0.6) is 0 Å². The quantitative estimate of drug-likeness (QED) is 0.798. The van der Waals surface area contributed by atoms with Gasteiger partial charge in [0.2, 0.25) is 10.0 Å². The van der Waals surface area contributed by atoms with E-state index in [1.807, 2.05) is 33.0 Å². The lowest BCUT2D eigenvalue weighted by Crippen LogP contribution is -2.17. The summed E-state index contributed by atoms with van der Waals surface area (Å²) in [6.07, 6.45) is 0.674. The van der Waals surface area contributed by atoms with Gasteiger partial charge in [-0.2, -0.15) is 0 Å². The van der Waals surface area contributed by atoms with Crippen LogP contribution in [-0.4, -0.2) is 21.2 Å². The molecule has 5 heteroatoms. The number of nitrogens with one attached hydrogen (secondary N) is 2. The third-order valence-electron chi connectivity index (χ3n) is 2.57. The molecule has 0 heterocycles. The van der Waals surface area contributed by atoms with Crippen molar-refractivity contribution < 1.29 is 8.42 Å². The maximum absolute atomic E-state index is 11.8. The standard InChI is InChI=1S/C13H22N2O2S/c1-11(2)8-9-18(16,17)15-13-6-4-12(5-7-13)10-14-3/h4-7,11,14-15H,8-10H2,1-3H3. The Morgan fingerprint density at radius 2 is 1.78 bits per heavy atom. The topological polar surface area (TPSA) is 58.2 Å². The Morgan fingerprint density at radius 1 is 1.17 bits per heavy atom. The molecule has 0 aliphatic carbocycles. The van der Waals surface area contributed by atoms with E-state index < -0.39 is 10.0 Å². The van der Waals surface area contributed by atoms with Crippen molar-refractivity contribution in [1.29, 1.82) is 0 Å². The molecule has 0 aliphatic rings. The fourth-order valence-corrected chi connectivity index (χ4v) is 2.90. The van der Waals surface area contributed by atoms with Gasteiger partial charge in [-0.3, -0.25) is 4.72 Å². The molecular weight excluding hydrogens is 248 g/mol. The fraction of sp³-hybridized carbons (Fsp3) is 0.538. The van der Waals surface area contributed by atoms with E-state index in [1.165, 1.54) is 0 Å². The summed E-state index contributed by atoms with van der Waals surface area (Å²) in [4.78, 5) is 0. The summed E-state index contributed by atoms with van der Waals surface area (Å²) in [6.45, 7) is 4.81. The first kappa shape index (κ1) is 15.0. The van der Waals surface area contributed by atoms with Crippen molar-refractivity contribution in [1.82, 2.24) is 5.32 Å². The summed E-state index contributed by atoms with van der Waals surface area (Å²) < 4.78 is 26.2. The lowest BCUT2D eigenvalue weighted by atomic mass is 10.2. The summed E-state index contributed by atoms with van der Waals surface area (Å²) in [5, 5.41) is 3.05. The van der Waals surface area contributed by atoms with Gasteiger partial charge in [0.05, 0.1) is 5.75 Å². The predicted molar refractivity (Wildman–Crippen MR) is 76.1 cm³/mol. The van der Waals surface area contributed by atoms with Crippen LogP contribution in [0, 0.1) is 5.92 Å². The minimum Gasteiger partial charge on any atom is -0.316 e. The zero-order chi connectivity index (χ0) is 13.6. The third kappa shape index (κ3) is 5.51. The van der Waals surface area contributed by atoms with Crippen LogP contribution in [0.3, 0.4) is 0 Å². The third-order valence-corrected chi connectivity index (χ3v) is 3.89. The van der Waals surface area contributed by atoms with E-state index in [0.717, 1.165) is 12.1 Å². The molecule has 0 spiro atoms. The van der Waals surface area contributed by atoms with Crippen molar-refractivity contribution in [2.75, 3.05) is 17.5 Å². The summed E-state index contributed by atoms with van der Waals surface area (Å²) in [6, 6.07) is 7.41. The predicted octanol–water partition coefficient (Wildman–Crippen LogP) is 2.19. The summed E-state index contributed by atoms with van der Waals surface area (Å²) in [5.74, 6) is 0.558. The molecule has 102 valence electrons. The van der Waals surface area contributed by atoms with Crippen LogP contribution in [0.15, 0.2) is 24.3 Å². The van der Waals surface area contributed by atoms with Crippen LogP contribution < -0.4 is 10.0 Å². The van der Waals surface area contributed by atoms with E-state index in [-0.39, 0.29) is 5.75 Å². The first-order valence-corrected chi connectivity index (χ1v) is 7.82. The Balaban J connectivity index is 2.61. The highest BCUT2D eigenvalue weighted by Crippen LogP contribution is 2.12. The Labute approximate surface area is 110 Å². The minimum absolute atomic E-state index is 0.170. The first-order valence-electron chi connectivity index (χ1n) is 6.17. The Kier molecular flexibility index (Phi) is 5.62. The van der Waals surface area contributed by atoms with Crippen molar-refractivity contribution in [3.63, 3.8) is 0 Å². The Hall–Kier alpha value is -1.07. The van der Waals surface area contributed by atoms with E-state index in [9.17, 15) is 8.42 Å². The number of hydrogen-bond acceptors (Lipinski definition) is 3. The molecule has 0 unspecified atom stereocenters. The average Bonchev–Trinajstić information content (AvgIpc) is 2.29. The van der Waals surface area contributed by atoms with Crippen LogP contribution >= 0.6 is 0 Å². The molecule has 0 saturated heterocycles. The number of rotatable bonds is 7. The second-order valence-electron chi connectivity index (χ2n) is 4.83. The van der Waals surface area contributed by atoms with Gasteiger partial charge in [0.1, 0.15) is 0 Å². The molecule has 0 aromatic heterocycles. The number of anilines is 1. The van der Waals surface area contributed by atoms with Gasteiger partial charge in [0, 0.05) is 12.2 Å². The van der Waals surface area contributed by atoms with Crippen LogP contribution in [0.4, 0.5) is 5.69 Å². The van der Waals surface area contributed by atoms with Crippen molar-refractivity contribution in [2.45, 2.75) is 26.8 Å². The van der Waals surface area contributed by atoms with E-state index in [0.29, 0.717) is 18.0 Å². The monoisotopic (exact) mass is 270 g/mol. The highest BCUT2D eigenvalue weighted by Gasteiger charge is 2.11. The van der Waals surface area contributed by atoms with Crippen LogP contribution in [0.25, 0.3) is 0 Å². The van der Waals surface area contributed by atoms with E-state index in [4.69, 9.17) is 0 Å². The molecule has 0 saturated carbocycles. The summed E-state index contributed by atoms with van der Waals surface area (Å²) in [7, 11) is -1.34. The average molecular weight is 270 g/mol. The van der Waals surface area contributed by atoms with Gasteiger partial charge < -0.3 is 5.32 Å². The molecule has 18 heavy (non-hydrogen) atoms. The number of benzene rings is 1. The SMILES string of the molecule is CNCc1ccc(NS(=O)(=O)CCC(C)C)cc1. The number of hydrogen-bond donors (Lipinski definition) is 2. The second kappa shape index (κ2) is 6.75. The van der Waals surface area contributed by atoms with Gasteiger partial charge in [-0.15, -0.1) is 0 Å². The Bertz CT molecular complexity index is 452. The molecule has 0 radical (unpaired) electrons. The highest BCUT2D eigenvalue weighted by atomic mass is 32.2. The van der Waals surface area contributed by atoms with Gasteiger partial charge >= 0.3 is 0 Å². The van der Waals surface area contributed by atoms with Gasteiger partial charge in [-0.25, -0.2) is 8.42 Å². The maximum atomic E-state index is 11.8. The zero-order valence-electron chi connectivity index (χ0n) is 11.2. The van der Waals surface area contributed by atoms with Crippen LogP contribution in [0.2, 0.25) is 0 Å². The van der Waals surface area contributed by atoms with Crippen molar-refractivity contribution in [3.05, 3.63) is 29.8 Å². The zero-order valence-corrected chi connectivity index (χ0v) is 12.0. The van der Waals surface area contributed by atoms with Crippen LogP contribution in [0.1, 0.15) is 25.8 Å². The van der Waals surface area contributed by atoms with E-state index in [2.05, 4.69) is 10.0 Å². The molecule has 4 nitrogen and oxygen atoms in total. The normalized spacial score (nSPS) is 11.8. The molecule has 1 aromatic carbocycles. The second-order valence-corrected chi connectivity index (χ2v) is 6.67. The van der Waals surface area contributed by atoms with Crippen molar-refractivity contribution in [3.8, 4) is 0 Å². The molecule has 0 amide bonds. The first-order chi connectivity index (χ1) is 8.43. The lowest BCUT2D eigenvalue weighted by Gasteiger charge is -2.10. The van der Waals surface area contributed by atoms with Crippen molar-refractivity contribution in [2.24, 2.45) is 5.92 Å².